The van der Waals surface area contributed by atoms with E-state index in [1.165, 1.54) is 0 Å². The minimum Gasteiger partial charge on any atom is -0.481 e. The van der Waals surface area contributed by atoms with Gasteiger partial charge in [0.15, 0.2) is 0 Å². The van der Waals surface area contributed by atoms with E-state index in [1.807, 2.05) is 6.92 Å². The number of rotatable bonds is 1. The second kappa shape index (κ2) is 1.69. The summed E-state index contributed by atoms with van der Waals surface area (Å²) in [7, 11) is 0. The highest BCUT2D eigenvalue weighted by atomic mass is 16.6. The van der Waals surface area contributed by atoms with Gasteiger partial charge < -0.3 is 9.84 Å². The van der Waals surface area contributed by atoms with E-state index >= 15 is 0 Å². The first-order valence-corrected chi connectivity index (χ1v) is 4.52. The summed E-state index contributed by atoms with van der Waals surface area (Å²) >= 11 is 0. The van der Waals surface area contributed by atoms with Crippen LogP contribution in [-0.2, 0) is 9.53 Å². The topological polar surface area (TPSA) is 49.8 Å². The third-order valence-corrected chi connectivity index (χ3v) is 3.97. The minimum atomic E-state index is -0.635. The largest absolute Gasteiger partial charge is 0.481 e. The van der Waals surface area contributed by atoms with Crippen LogP contribution in [0.4, 0.5) is 0 Å². The summed E-state index contributed by atoms with van der Waals surface area (Å²) < 4.78 is 5.42. The number of hydrogen-bond donors (Lipinski definition) is 1. The molecule has 1 heterocycles. The van der Waals surface area contributed by atoms with Gasteiger partial charge in [0.2, 0.25) is 0 Å². The van der Waals surface area contributed by atoms with E-state index in [0.717, 1.165) is 12.8 Å². The van der Waals surface area contributed by atoms with E-state index in [1.54, 1.807) is 0 Å². The Labute approximate surface area is 70.7 Å². The van der Waals surface area contributed by atoms with Gasteiger partial charge in [0.1, 0.15) is 0 Å². The highest BCUT2D eigenvalue weighted by molar-refractivity contribution is 5.75. The summed E-state index contributed by atoms with van der Waals surface area (Å²) in [5, 5.41) is 9.08. The first-order chi connectivity index (χ1) is 5.63. The van der Waals surface area contributed by atoms with Crippen LogP contribution in [0.25, 0.3) is 0 Å². The normalized spacial score (nSPS) is 60.1. The zero-order chi connectivity index (χ0) is 8.51. The molecule has 2 aliphatic carbocycles. The zero-order valence-electron chi connectivity index (χ0n) is 6.99. The summed E-state index contributed by atoms with van der Waals surface area (Å²) in [6.45, 7) is 1.87. The molecular weight excluding hydrogens is 156 g/mol. The molecule has 0 aromatic heterocycles. The Balaban J connectivity index is 1.96. The smallest absolute Gasteiger partial charge is 0.309 e. The van der Waals surface area contributed by atoms with Crippen molar-refractivity contribution in [2.45, 2.75) is 32.0 Å². The second-order valence-corrected chi connectivity index (χ2v) is 4.59. The fourth-order valence-corrected chi connectivity index (χ4v) is 3.20. The molecule has 3 aliphatic rings. The van der Waals surface area contributed by atoms with Crippen LogP contribution >= 0.6 is 0 Å². The average Bonchev–Trinajstić information content (AvgIpc) is 2.64. The van der Waals surface area contributed by atoms with Gasteiger partial charge in [-0.3, -0.25) is 4.79 Å². The maximum absolute atomic E-state index is 11.0. The van der Waals surface area contributed by atoms with E-state index < -0.39 is 11.4 Å². The molecule has 0 aromatic carbocycles. The van der Waals surface area contributed by atoms with Gasteiger partial charge in [0.25, 0.3) is 0 Å². The second-order valence-electron chi connectivity index (χ2n) is 4.59. The van der Waals surface area contributed by atoms with Crippen LogP contribution in [0.15, 0.2) is 0 Å². The van der Waals surface area contributed by atoms with E-state index in [2.05, 4.69) is 0 Å². The van der Waals surface area contributed by atoms with Gasteiger partial charge in [-0.25, -0.2) is 0 Å². The van der Waals surface area contributed by atoms with Crippen molar-refractivity contribution in [3.05, 3.63) is 0 Å². The van der Waals surface area contributed by atoms with Crippen molar-refractivity contribution < 1.29 is 14.6 Å². The number of ether oxygens (including phenoxy) is 1. The van der Waals surface area contributed by atoms with Gasteiger partial charge >= 0.3 is 5.97 Å². The zero-order valence-corrected chi connectivity index (χ0v) is 6.99. The Kier molecular flexibility index (Phi) is 0.971. The first-order valence-electron chi connectivity index (χ1n) is 4.52. The summed E-state index contributed by atoms with van der Waals surface area (Å²) in [5.41, 5.74) is -0.484. The molecule has 0 radical (unpaired) electrons. The van der Waals surface area contributed by atoms with Crippen LogP contribution in [-0.4, -0.2) is 23.3 Å². The lowest BCUT2D eigenvalue weighted by atomic mass is 9.75. The summed E-state index contributed by atoms with van der Waals surface area (Å²) in [6, 6.07) is 0. The molecule has 2 bridgehead atoms. The molecule has 0 aromatic rings. The standard InChI is InChI=1S/C9H12O3/c1-9(8(10)11)3-4-2-5(9)7-6(4)12-7/h4-7H,2-3H2,1H3,(H,10,11). The van der Waals surface area contributed by atoms with Crippen molar-refractivity contribution in [3.8, 4) is 0 Å². The molecule has 1 aliphatic heterocycles. The highest BCUT2D eigenvalue weighted by Gasteiger charge is 2.69. The van der Waals surface area contributed by atoms with E-state index in [0.29, 0.717) is 24.0 Å². The van der Waals surface area contributed by atoms with Crippen LogP contribution in [0.2, 0.25) is 0 Å². The van der Waals surface area contributed by atoms with Crippen LogP contribution in [0.3, 0.4) is 0 Å². The molecule has 3 fully saturated rings. The fourth-order valence-electron chi connectivity index (χ4n) is 3.20. The van der Waals surface area contributed by atoms with Crippen LogP contribution in [0.1, 0.15) is 19.8 Å². The summed E-state index contributed by atoms with van der Waals surface area (Å²) in [6.07, 6.45) is 2.64. The summed E-state index contributed by atoms with van der Waals surface area (Å²) in [5.74, 6) is 0.204. The van der Waals surface area contributed by atoms with Gasteiger partial charge in [-0.2, -0.15) is 0 Å². The summed E-state index contributed by atoms with van der Waals surface area (Å²) in [4.78, 5) is 11.0. The molecule has 5 unspecified atom stereocenters. The predicted octanol–water partition coefficient (Wildman–Crippen LogP) is 0.885. The van der Waals surface area contributed by atoms with Crippen molar-refractivity contribution in [1.29, 1.82) is 0 Å². The number of hydrogen-bond acceptors (Lipinski definition) is 2. The minimum absolute atomic E-state index is 0.296. The van der Waals surface area contributed by atoms with Crippen LogP contribution in [0, 0.1) is 17.3 Å². The average molecular weight is 168 g/mol. The van der Waals surface area contributed by atoms with Gasteiger partial charge in [-0.15, -0.1) is 0 Å². The Morgan fingerprint density at radius 1 is 1.58 bits per heavy atom. The maximum atomic E-state index is 11.0. The Bertz CT molecular complexity index is 262. The number of carbonyl (C=O) groups is 1. The lowest BCUT2D eigenvalue weighted by Gasteiger charge is -2.26. The van der Waals surface area contributed by atoms with Crippen molar-refractivity contribution in [2.75, 3.05) is 0 Å². The SMILES string of the molecule is CC1(C(=O)O)CC2CC1C1OC21. The lowest BCUT2D eigenvalue weighted by molar-refractivity contribution is -0.150. The molecule has 2 saturated carbocycles. The van der Waals surface area contributed by atoms with Crippen LogP contribution in [0.5, 0.6) is 0 Å². The maximum Gasteiger partial charge on any atom is 0.309 e. The molecule has 0 amide bonds. The Morgan fingerprint density at radius 3 is 2.83 bits per heavy atom. The lowest BCUT2D eigenvalue weighted by Crippen LogP contribution is -2.36. The Hall–Kier alpha value is -0.570. The van der Waals surface area contributed by atoms with Crippen molar-refractivity contribution in [2.24, 2.45) is 17.3 Å². The molecule has 3 rings (SSSR count). The predicted molar refractivity (Wildman–Crippen MR) is 40.6 cm³/mol. The van der Waals surface area contributed by atoms with Crippen molar-refractivity contribution >= 4 is 5.97 Å². The van der Waals surface area contributed by atoms with Gasteiger partial charge in [0.05, 0.1) is 17.6 Å². The van der Waals surface area contributed by atoms with Crippen molar-refractivity contribution in [3.63, 3.8) is 0 Å². The Morgan fingerprint density at radius 2 is 2.33 bits per heavy atom. The van der Waals surface area contributed by atoms with E-state index in [9.17, 15) is 4.79 Å². The molecule has 1 N–H and O–H groups in total. The van der Waals surface area contributed by atoms with E-state index in [4.69, 9.17) is 9.84 Å². The quantitative estimate of drug-likeness (QED) is 0.591. The first kappa shape index (κ1) is 6.89. The number of epoxide rings is 1. The molecule has 5 atom stereocenters. The third kappa shape index (κ3) is 0.565. The molecular formula is C9H12O3. The number of carboxylic acids is 1. The van der Waals surface area contributed by atoms with Crippen molar-refractivity contribution in [1.82, 2.24) is 0 Å². The number of fused-ring (bicyclic) bond motifs is 5. The number of carboxylic acid groups (broad SMARTS) is 1. The molecule has 1 saturated heterocycles. The molecule has 0 spiro atoms. The number of aliphatic carboxylic acids is 1. The third-order valence-electron chi connectivity index (χ3n) is 3.97. The fraction of sp³-hybridized carbons (Fsp3) is 0.889. The van der Waals surface area contributed by atoms with Gasteiger partial charge in [-0.05, 0) is 25.7 Å². The highest BCUT2D eigenvalue weighted by Crippen LogP contribution is 2.63. The molecule has 12 heavy (non-hydrogen) atoms. The molecule has 66 valence electrons. The monoisotopic (exact) mass is 168 g/mol. The van der Waals surface area contributed by atoms with Crippen LogP contribution < -0.4 is 0 Å². The van der Waals surface area contributed by atoms with E-state index in [-0.39, 0.29) is 0 Å². The molecule has 3 nitrogen and oxygen atoms in total. The van der Waals surface area contributed by atoms with Gasteiger partial charge in [-0.1, -0.05) is 0 Å². The molecule has 3 heteroatoms. The van der Waals surface area contributed by atoms with Gasteiger partial charge in [0, 0.05) is 5.92 Å².